The Kier molecular flexibility index (Phi) is 4.48. The van der Waals surface area contributed by atoms with E-state index in [9.17, 15) is 5.11 Å². The van der Waals surface area contributed by atoms with E-state index in [2.05, 4.69) is 22.5 Å². The first-order chi connectivity index (χ1) is 9.78. The van der Waals surface area contributed by atoms with Gasteiger partial charge in [-0.1, -0.05) is 6.92 Å². The van der Waals surface area contributed by atoms with E-state index in [-0.39, 0.29) is 0 Å². The van der Waals surface area contributed by atoms with Crippen LogP contribution >= 0.6 is 23.1 Å². The minimum absolute atomic E-state index is 0.423. The van der Waals surface area contributed by atoms with Crippen LogP contribution in [0.3, 0.4) is 0 Å². The normalized spacial score (nSPS) is 16.1. The zero-order valence-corrected chi connectivity index (χ0v) is 13.3. The van der Waals surface area contributed by atoms with E-state index < -0.39 is 6.10 Å². The second-order valence-electron chi connectivity index (χ2n) is 5.16. The summed E-state index contributed by atoms with van der Waals surface area (Å²) >= 11 is 3.77. The second-order valence-corrected chi connectivity index (χ2v) is 7.43. The minimum atomic E-state index is -0.423. The molecule has 3 heterocycles. The molecule has 108 valence electrons. The van der Waals surface area contributed by atoms with Crippen molar-refractivity contribution in [3.63, 3.8) is 0 Å². The molecule has 0 spiro atoms. The van der Waals surface area contributed by atoms with Crippen LogP contribution in [0.1, 0.15) is 40.6 Å². The highest BCUT2D eigenvalue weighted by molar-refractivity contribution is 7.98. The zero-order valence-electron chi connectivity index (χ0n) is 11.7. The van der Waals surface area contributed by atoms with E-state index in [1.165, 1.54) is 16.2 Å². The van der Waals surface area contributed by atoms with Crippen LogP contribution in [0.15, 0.2) is 18.5 Å². The summed E-state index contributed by atoms with van der Waals surface area (Å²) in [6, 6.07) is 2.20. The number of fused-ring (bicyclic) bond motifs is 1. The first-order valence-electron chi connectivity index (χ1n) is 7.15. The van der Waals surface area contributed by atoms with Crippen LogP contribution < -0.4 is 0 Å². The van der Waals surface area contributed by atoms with Crippen molar-refractivity contribution in [1.82, 2.24) is 9.55 Å². The fourth-order valence-electron chi connectivity index (χ4n) is 2.58. The second kappa shape index (κ2) is 6.33. The van der Waals surface area contributed by atoms with Crippen molar-refractivity contribution in [1.29, 1.82) is 0 Å². The van der Waals surface area contributed by atoms with Crippen molar-refractivity contribution >= 4 is 23.1 Å². The number of nitrogens with zero attached hydrogens (tertiary/aromatic N) is 2. The lowest BCUT2D eigenvalue weighted by Gasteiger charge is -2.10. The van der Waals surface area contributed by atoms with Crippen molar-refractivity contribution in [3.8, 4) is 0 Å². The van der Waals surface area contributed by atoms with Crippen LogP contribution in [0, 0.1) is 0 Å². The van der Waals surface area contributed by atoms with Gasteiger partial charge in [0, 0.05) is 40.9 Å². The molecule has 3 rings (SSSR count). The number of aromatic nitrogens is 2. The van der Waals surface area contributed by atoms with E-state index in [4.69, 9.17) is 0 Å². The average molecular weight is 308 g/mol. The number of aliphatic hydroxyl groups excluding tert-OH is 1. The largest absolute Gasteiger partial charge is 0.387 e. The van der Waals surface area contributed by atoms with E-state index in [1.54, 1.807) is 11.3 Å². The van der Waals surface area contributed by atoms with Crippen LogP contribution in [-0.4, -0.2) is 20.4 Å². The molecule has 3 nitrogen and oxygen atoms in total. The maximum Gasteiger partial charge on any atom is 0.111 e. The number of hydrogen-bond donors (Lipinski definition) is 1. The Morgan fingerprint density at radius 1 is 1.50 bits per heavy atom. The highest BCUT2D eigenvalue weighted by Crippen LogP contribution is 2.35. The van der Waals surface area contributed by atoms with Crippen LogP contribution in [0.5, 0.6) is 0 Å². The summed E-state index contributed by atoms with van der Waals surface area (Å²) in [6.45, 7) is 3.13. The third-order valence-corrected chi connectivity index (χ3v) is 5.96. The molecule has 1 aliphatic rings. The topological polar surface area (TPSA) is 38.0 Å². The molecule has 2 aromatic rings. The van der Waals surface area contributed by atoms with Gasteiger partial charge in [0.05, 0.1) is 6.10 Å². The van der Waals surface area contributed by atoms with Gasteiger partial charge in [-0.2, -0.15) is 11.8 Å². The van der Waals surface area contributed by atoms with Gasteiger partial charge in [0.15, 0.2) is 0 Å². The first-order valence-corrected chi connectivity index (χ1v) is 9.12. The maximum atomic E-state index is 10.5. The molecular weight excluding hydrogens is 288 g/mol. The van der Waals surface area contributed by atoms with Crippen LogP contribution in [0.4, 0.5) is 0 Å². The van der Waals surface area contributed by atoms with Gasteiger partial charge in [0.25, 0.3) is 0 Å². The Bertz CT molecular complexity index is 553. The van der Waals surface area contributed by atoms with Gasteiger partial charge in [-0.25, -0.2) is 4.98 Å². The van der Waals surface area contributed by atoms with Gasteiger partial charge in [-0.05, 0) is 30.2 Å². The molecule has 0 radical (unpaired) electrons. The quantitative estimate of drug-likeness (QED) is 0.920. The minimum Gasteiger partial charge on any atom is -0.387 e. The molecule has 20 heavy (non-hydrogen) atoms. The molecule has 0 amide bonds. The Balaban J connectivity index is 1.73. The molecule has 1 aliphatic heterocycles. The molecule has 0 saturated heterocycles. The Labute approximate surface area is 128 Å². The lowest BCUT2D eigenvalue weighted by Crippen LogP contribution is -2.08. The molecule has 0 bridgehead atoms. The first kappa shape index (κ1) is 14.2. The fourth-order valence-corrected chi connectivity index (χ4v) is 4.94. The van der Waals surface area contributed by atoms with Gasteiger partial charge in [-0.3, -0.25) is 0 Å². The molecule has 2 aromatic heterocycles. The summed E-state index contributed by atoms with van der Waals surface area (Å²) in [5, 5.41) is 10.5. The summed E-state index contributed by atoms with van der Waals surface area (Å²) < 4.78 is 2.15. The van der Waals surface area contributed by atoms with E-state index in [0.717, 1.165) is 35.8 Å². The van der Waals surface area contributed by atoms with Gasteiger partial charge in [0.1, 0.15) is 5.82 Å². The smallest absolute Gasteiger partial charge is 0.111 e. The van der Waals surface area contributed by atoms with Crippen LogP contribution in [0.25, 0.3) is 0 Å². The highest BCUT2D eigenvalue weighted by atomic mass is 32.2. The summed E-state index contributed by atoms with van der Waals surface area (Å²) in [5.74, 6) is 3.30. The number of rotatable bonds is 5. The van der Waals surface area contributed by atoms with Gasteiger partial charge < -0.3 is 9.67 Å². The Hall–Kier alpha value is -0.780. The molecule has 1 N–H and O–H groups in total. The standard InChI is InChI=1S/C15H20N2OS2/c1-2-5-17-6-4-16-15(17)9-12(18)14-8-11-10-19-7-3-13(11)20-14/h4,6,8,12,18H,2-3,5,7,9-10H2,1H3. The van der Waals surface area contributed by atoms with Crippen LogP contribution in [0.2, 0.25) is 0 Å². The highest BCUT2D eigenvalue weighted by Gasteiger charge is 2.19. The van der Waals surface area contributed by atoms with Crippen molar-refractivity contribution in [2.24, 2.45) is 0 Å². The lowest BCUT2D eigenvalue weighted by atomic mass is 10.1. The number of thioether (sulfide) groups is 1. The van der Waals surface area contributed by atoms with E-state index in [0.29, 0.717) is 6.42 Å². The number of hydrogen-bond acceptors (Lipinski definition) is 4. The SMILES string of the molecule is CCCn1ccnc1CC(O)c1cc2c(s1)CCSC2. The summed E-state index contributed by atoms with van der Waals surface area (Å²) in [6.07, 6.45) is 6.26. The molecule has 1 atom stereocenters. The number of thiophene rings is 1. The fraction of sp³-hybridized carbons (Fsp3) is 0.533. The van der Waals surface area contributed by atoms with Crippen molar-refractivity contribution in [3.05, 3.63) is 39.6 Å². The molecule has 0 fully saturated rings. The summed E-state index contributed by atoms with van der Waals surface area (Å²) in [5.41, 5.74) is 1.43. The molecule has 5 heteroatoms. The molecule has 1 unspecified atom stereocenters. The van der Waals surface area contributed by atoms with E-state index >= 15 is 0 Å². The monoisotopic (exact) mass is 308 g/mol. The molecule has 0 aromatic carbocycles. The third kappa shape index (κ3) is 2.95. The predicted molar refractivity (Wildman–Crippen MR) is 85.4 cm³/mol. The zero-order chi connectivity index (χ0) is 13.9. The van der Waals surface area contributed by atoms with Gasteiger partial charge in [-0.15, -0.1) is 11.3 Å². The Morgan fingerprint density at radius 2 is 2.40 bits per heavy atom. The maximum absolute atomic E-state index is 10.5. The third-order valence-electron chi connectivity index (χ3n) is 3.62. The van der Waals surface area contributed by atoms with Crippen molar-refractivity contribution in [2.45, 2.75) is 44.6 Å². The summed E-state index contributed by atoms with van der Waals surface area (Å²) in [4.78, 5) is 6.95. The van der Waals surface area contributed by atoms with Crippen LogP contribution in [-0.2, 0) is 25.1 Å². The number of imidazole rings is 1. The molecule has 0 saturated carbocycles. The number of aryl methyl sites for hydroxylation is 2. The molecule has 0 aliphatic carbocycles. The average Bonchev–Trinajstić information content (AvgIpc) is 3.06. The van der Waals surface area contributed by atoms with E-state index in [1.807, 2.05) is 24.2 Å². The van der Waals surface area contributed by atoms with Gasteiger partial charge in [0.2, 0.25) is 0 Å². The number of aliphatic hydroxyl groups is 1. The van der Waals surface area contributed by atoms with Crippen molar-refractivity contribution < 1.29 is 5.11 Å². The Morgan fingerprint density at radius 3 is 3.20 bits per heavy atom. The van der Waals surface area contributed by atoms with Gasteiger partial charge >= 0.3 is 0 Å². The predicted octanol–water partition coefficient (Wildman–Crippen LogP) is 3.42. The molecular formula is C15H20N2OS2. The summed E-state index contributed by atoms with van der Waals surface area (Å²) in [7, 11) is 0. The lowest BCUT2D eigenvalue weighted by molar-refractivity contribution is 0.178. The van der Waals surface area contributed by atoms with Crippen molar-refractivity contribution in [2.75, 3.05) is 5.75 Å².